The van der Waals surface area contributed by atoms with Gasteiger partial charge in [-0.1, -0.05) is 13.3 Å². The minimum absolute atomic E-state index is 0.221. The third kappa shape index (κ3) is 3.13. The Bertz CT molecular complexity index is 561. The van der Waals surface area contributed by atoms with Gasteiger partial charge in [0.1, 0.15) is 21.5 Å². The van der Waals surface area contributed by atoms with Gasteiger partial charge in [0.05, 0.1) is 5.69 Å². The number of carbonyl (C=O) groups excluding carboxylic acids is 1. The Morgan fingerprint density at radius 3 is 2.90 bits per heavy atom. The molecule has 1 aromatic heterocycles. The number of nitrogens with one attached hydrogen (secondary N) is 1. The van der Waals surface area contributed by atoms with Crippen LogP contribution < -0.4 is 16.0 Å². The fourth-order valence-electron chi connectivity index (χ4n) is 2.82. The molecule has 3 N–H and O–H groups in total. The third-order valence-corrected chi connectivity index (χ3v) is 5.45. The highest BCUT2D eigenvalue weighted by molar-refractivity contribution is 7.19. The van der Waals surface area contributed by atoms with Crippen molar-refractivity contribution in [3.63, 3.8) is 0 Å². The number of nitrogens with two attached hydrogens (primary N) is 1. The summed E-state index contributed by atoms with van der Waals surface area (Å²) < 4.78 is 0. The van der Waals surface area contributed by atoms with E-state index in [2.05, 4.69) is 23.2 Å². The van der Waals surface area contributed by atoms with Gasteiger partial charge in [0.25, 0.3) is 5.91 Å². The molecule has 0 spiro atoms. The van der Waals surface area contributed by atoms with Crippen molar-refractivity contribution in [2.75, 3.05) is 30.8 Å². The average molecular weight is 306 g/mol. The van der Waals surface area contributed by atoms with Crippen LogP contribution in [0.15, 0.2) is 0 Å². The van der Waals surface area contributed by atoms with Crippen LogP contribution in [0, 0.1) is 17.2 Å². The predicted octanol–water partition coefficient (Wildman–Crippen LogP) is 2.58. The number of nitriles is 1. The average Bonchev–Trinajstić information content (AvgIpc) is 2.68. The van der Waals surface area contributed by atoms with E-state index in [9.17, 15) is 10.1 Å². The third-order valence-electron chi connectivity index (χ3n) is 4.18. The Balaban J connectivity index is 2.31. The van der Waals surface area contributed by atoms with Crippen molar-refractivity contribution in [1.82, 2.24) is 5.32 Å². The lowest BCUT2D eigenvalue weighted by Crippen LogP contribution is -2.24. The molecule has 0 aromatic carbocycles. The first-order valence-corrected chi connectivity index (χ1v) is 8.23. The van der Waals surface area contributed by atoms with Gasteiger partial charge in [0.2, 0.25) is 0 Å². The zero-order chi connectivity index (χ0) is 15.4. The molecule has 1 unspecified atom stereocenters. The van der Waals surface area contributed by atoms with Crippen LogP contribution in [0.2, 0.25) is 0 Å². The summed E-state index contributed by atoms with van der Waals surface area (Å²) in [4.78, 5) is 14.5. The SMILES string of the molecule is CCC1CCCN(c2sc(C(=O)NC)c(N)c2C#N)CC1. The normalized spacial score (nSPS) is 18.9. The molecule has 1 aromatic rings. The number of amides is 1. The zero-order valence-electron chi connectivity index (χ0n) is 12.6. The van der Waals surface area contributed by atoms with Gasteiger partial charge >= 0.3 is 0 Å². The molecule has 0 saturated carbocycles. The predicted molar refractivity (Wildman–Crippen MR) is 86.7 cm³/mol. The van der Waals surface area contributed by atoms with Crippen molar-refractivity contribution in [2.24, 2.45) is 5.92 Å². The summed E-state index contributed by atoms with van der Waals surface area (Å²) in [6.07, 6.45) is 4.69. The number of hydrogen-bond donors (Lipinski definition) is 2. The van der Waals surface area contributed by atoms with Crippen LogP contribution in [0.25, 0.3) is 0 Å². The topological polar surface area (TPSA) is 82.2 Å². The largest absolute Gasteiger partial charge is 0.396 e. The summed E-state index contributed by atoms with van der Waals surface area (Å²) >= 11 is 1.33. The summed E-state index contributed by atoms with van der Waals surface area (Å²) in [6.45, 7) is 4.09. The van der Waals surface area contributed by atoms with Crippen molar-refractivity contribution < 1.29 is 4.79 Å². The van der Waals surface area contributed by atoms with Crippen molar-refractivity contribution >= 4 is 27.9 Å². The second kappa shape index (κ2) is 6.81. The molecule has 1 aliphatic heterocycles. The number of anilines is 2. The van der Waals surface area contributed by atoms with Crippen molar-refractivity contribution in [3.05, 3.63) is 10.4 Å². The van der Waals surface area contributed by atoms with E-state index < -0.39 is 0 Å². The lowest BCUT2D eigenvalue weighted by atomic mass is 9.98. The highest BCUT2D eigenvalue weighted by Gasteiger charge is 2.25. The first-order chi connectivity index (χ1) is 10.1. The Hall–Kier alpha value is -1.74. The van der Waals surface area contributed by atoms with Crippen LogP contribution in [0.5, 0.6) is 0 Å². The minimum Gasteiger partial charge on any atom is -0.396 e. The van der Waals surface area contributed by atoms with Crippen LogP contribution in [-0.4, -0.2) is 26.0 Å². The van der Waals surface area contributed by atoms with Crippen LogP contribution in [0.3, 0.4) is 0 Å². The summed E-state index contributed by atoms with van der Waals surface area (Å²) in [5.74, 6) is 0.540. The van der Waals surface area contributed by atoms with E-state index in [-0.39, 0.29) is 5.91 Å². The lowest BCUT2D eigenvalue weighted by molar-refractivity contribution is 0.0968. The van der Waals surface area contributed by atoms with E-state index in [4.69, 9.17) is 5.73 Å². The monoisotopic (exact) mass is 306 g/mol. The second-order valence-corrected chi connectivity index (χ2v) is 6.41. The maximum absolute atomic E-state index is 11.9. The van der Waals surface area contributed by atoms with Gasteiger partial charge in [-0.25, -0.2) is 0 Å². The highest BCUT2D eigenvalue weighted by Crippen LogP contribution is 2.39. The molecule has 1 atom stereocenters. The first-order valence-electron chi connectivity index (χ1n) is 7.41. The first kappa shape index (κ1) is 15.6. The van der Waals surface area contributed by atoms with Crippen molar-refractivity contribution in [3.8, 4) is 6.07 Å². The van der Waals surface area contributed by atoms with Gasteiger partial charge in [-0.2, -0.15) is 5.26 Å². The Labute approximate surface area is 129 Å². The Morgan fingerprint density at radius 1 is 1.52 bits per heavy atom. The molecule has 21 heavy (non-hydrogen) atoms. The molecule has 1 aliphatic rings. The maximum atomic E-state index is 11.9. The zero-order valence-corrected chi connectivity index (χ0v) is 13.4. The maximum Gasteiger partial charge on any atom is 0.263 e. The molecule has 5 nitrogen and oxygen atoms in total. The van der Waals surface area contributed by atoms with Gasteiger partial charge < -0.3 is 16.0 Å². The van der Waals surface area contributed by atoms with E-state index in [1.165, 1.54) is 24.2 Å². The van der Waals surface area contributed by atoms with Gasteiger partial charge in [0, 0.05) is 20.1 Å². The van der Waals surface area contributed by atoms with Crippen LogP contribution in [-0.2, 0) is 0 Å². The summed E-state index contributed by atoms with van der Waals surface area (Å²) in [5, 5.41) is 12.8. The molecule has 0 radical (unpaired) electrons. The Morgan fingerprint density at radius 2 is 2.29 bits per heavy atom. The van der Waals surface area contributed by atoms with Gasteiger partial charge in [-0.05, 0) is 25.2 Å². The summed E-state index contributed by atoms with van der Waals surface area (Å²) in [7, 11) is 1.57. The van der Waals surface area contributed by atoms with E-state index >= 15 is 0 Å². The number of rotatable bonds is 3. The number of nitrogen functional groups attached to an aromatic ring is 1. The van der Waals surface area contributed by atoms with E-state index in [1.54, 1.807) is 7.05 Å². The van der Waals surface area contributed by atoms with Crippen LogP contribution >= 0.6 is 11.3 Å². The summed E-state index contributed by atoms with van der Waals surface area (Å²) in [6, 6.07) is 2.17. The molecule has 6 heteroatoms. The second-order valence-electron chi connectivity index (χ2n) is 5.41. The minimum atomic E-state index is -0.221. The van der Waals surface area contributed by atoms with E-state index in [0.717, 1.165) is 36.9 Å². The molecule has 2 rings (SSSR count). The van der Waals surface area contributed by atoms with E-state index in [1.807, 2.05) is 0 Å². The van der Waals surface area contributed by atoms with Crippen LogP contribution in [0.1, 0.15) is 47.8 Å². The number of thiophene rings is 1. The summed E-state index contributed by atoms with van der Waals surface area (Å²) in [5.41, 5.74) is 6.76. The fourth-order valence-corrected chi connectivity index (χ4v) is 3.99. The number of hydrogen-bond acceptors (Lipinski definition) is 5. The molecule has 114 valence electrons. The van der Waals surface area contributed by atoms with Crippen LogP contribution in [0.4, 0.5) is 10.7 Å². The molecule has 1 amide bonds. The number of carbonyl (C=O) groups is 1. The molecule has 0 bridgehead atoms. The molecule has 1 fully saturated rings. The van der Waals surface area contributed by atoms with Gasteiger partial charge in [-0.3, -0.25) is 4.79 Å². The van der Waals surface area contributed by atoms with Crippen molar-refractivity contribution in [2.45, 2.75) is 32.6 Å². The smallest absolute Gasteiger partial charge is 0.263 e. The molecule has 1 saturated heterocycles. The molecule has 0 aliphatic carbocycles. The lowest BCUT2D eigenvalue weighted by Gasteiger charge is -2.21. The Kier molecular flexibility index (Phi) is 5.07. The van der Waals surface area contributed by atoms with Gasteiger partial charge in [-0.15, -0.1) is 11.3 Å². The van der Waals surface area contributed by atoms with E-state index in [0.29, 0.717) is 16.1 Å². The quantitative estimate of drug-likeness (QED) is 0.899. The highest BCUT2D eigenvalue weighted by atomic mass is 32.1. The van der Waals surface area contributed by atoms with Crippen molar-refractivity contribution in [1.29, 1.82) is 5.26 Å². The standard InChI is InChI=1S/C15H22N4OS/c1-3-10-5-4-7-19(8-6-10)15-11(9-16)12(17)13(21-15)14(20)18-2/h10H,3-8,17H2,1-2H3,(H,18,20). The fraction of sp³-hybridized carbons (Fsp3) is 0.600. The molecular formula is C15H22N4OS. The molecular weight excluding hydrogens is 284 g/mol. The molecule has 2 heterocycles. The van der Waals surface area contributed by atoms with Gasteiger partial charge in [0.15, 0.2) is 0 Å². The number of nitrogens with zero attached hydrogens (tertiary/aromatic N) is 2.